The molecule has 4 nitrogen and oxygen atoms in total. The number of carbonyl (C=O) groups excluding carboxylic acids is 3. The average Bonchev–Trinajstić information content (AvgIpc) is 2.62. The van der Waals surface area contributed by atoms with Crippen LogP contribution in [0, 0.1) is 0 Å². The Balaban J connectivity index is 0. The highest BCUT2D eigenvalue weighted by molar-refractivity contribution is 6.24. The molecule has 0 fully saturated rings. The Morgan fingerprint density at radius 3 is 2.00 bits per heavy atom. The molecule has 4 heteroatoms. The van der Waals surface area contributed by atoms with Crippen molar-refractivity contribution in [2.45, 2.75) is 65.7 Å². The van der Waals surface area contributed by atoms with Crippen molar-refractivity contribution in [1.29, 1.82) is 0 Å². The lowest BCUT2D eigenvalue weighted by Gasteiger charge is -1.98. The fourth-order valence-corrected chi connectivity index (χ4v) is 1.88. The molecule has 0 bridgehead atoms. The van der Waals surface area contributed by atoms with Crippen LogP contribution in [-0.4, -0.2) is 31.4 Å². The minimum atomic E-state index is -0.285. The fourth-order valence-electron chi connectivity index (χ4n) is 1.88. The number of hydrogen-bond acceptors (Lipinski definition) is 4. The zero-order chi connectivity index (χ0) is 19.3. The third-order valence-corrected chi connectivity index (χ3v) is 3.25. The monoisotopic (exact) mass is 349 g/mol. The van der Waals surface area contributed by atoms with E-state index in [1.165, 1.54) is 31.2 Å². The summed E-state index contributed by atoms with van der Waals surface area (Å²) in [5, 5.41) is 2.72. The first kappa shape index (κ1) is 25.4. The number of ketones is 2. The molecular weight excluding hydrogens is 314 g/mol. The Morgan fingerprint density at radius 2 is 1.60 bits per heavy atom. The number of carbonyl (C=O) groups is 3. The van der Waals surface area contributed by atoms with Crippen molar-refractivity contribution in [3.8, 4) is 0 Å². The SMILES string of the molecule is CCCCC(=O)C=O.CCCCCc1ccccc1.CNCC(C)=O. The van der Waals surface area contributed by atoms with Gasteiger partial charge in [-0.3, -0.25) is 14.4 Å². The summed E-state index contributed by atoms with van der Waals surface area (Å²) in [5.74, 6) is -0.107. The number of likely N-dealkylation sites (N-methyl/N-ethyl adjacent to an activating group) is 1. The number of benzene rings is 1. The topological polar surface area (TPSA) is 63.2 Å². The Labute approximate surface area is 153 Å². The molecule has 0 aliphatic carbocycles. The van der Waals surface area contributed by atoms with Gasteiger partial charge >= 0.3 is 0 Å². The maximum absolute atomic E-state index is 10.2. The van der Waals surface area contributed by atoms with E-state index in [9.17, 15) is 14.4 Å². The van der Waals surface area contributed by atoms with Crippen LogP contribution in [0.25, 0.3) is 0 Å². The summed E-state index contributed by atoms with van der Waals surface area (Å²) in [6.07, 6.45) is 7.85. The van der Waals surface area contributed by atoms with Gasteiger partial charge in [-0.15, -0.1) is 0 Å². The number of aryl methyl sites for hydroxylation is 1. The molecule has 0 saturated heterocycles. The van der Waals surface area contributed by atoms with E-state index in [0.717, 1.165) is 12.8 Å². The van der Waals surface area contributed by atoms with Crippen molar-refractivity contribution in [3.63, 3.8) is 0 Å². The standard InChI is InChI=1S/C11H16.C6H10O2.C4H9NO/c1-2-3-5-8-11-9-6-4-7-10-11;1-2-3-4-6(8)5-7;1-4(6)3-5-2/h4,6-7,9-10H,2-3,5,8H2,1H3;5H,2-4H2,1H3;5H,3H2,1-2H3. The second-order valence-corrected chi connectivity index (χ2v) is 5.86. The molecule has 142 valence electrons. The lowest BCUT2D eigenvalue weighted by atomic mass is 10.1. The predicted octanol–water partition coefficient (Wildman–Crippen LogP) is 4.16. The second-order valence-electron chi connectivity index (χ2n) is 5.86. The van der Waals surface area contributed by atoms with E-state index in [1.807, 2.05) is 6.92 Å². The summed E-state index contributed by atoms with van der Waals surface area (Å²) in [5.41, 5.74) is 1.47. The minimum Gasteiger partial charge on any atom is -0.313 e. The Bertz CT molecular complexity index is 444. The van der Waals surface area contributed by atoms with Crippen molar-refractivity contribution in [1.82, 2.24) is 5.32 Å². The first-order chi connectivity index (χ1) is 12.0. The molecule has 0 saturated carbocycles. The molecule has 0 aromatic heterocycles. The Morgan fingerprint density at radius 1 is 1.00 bits per heavy atom. The average molecular weight is 350 g/mol. The van der Waals surface area contributed by atoms with Crippen LogP contribution in [0.4, 0.5) is 0 Å². The summed E-state index contributed by atoms with van der Waals surface area (Å²) < 4.78 is 0. The summed E-state index contributed by atoms with van der Waals surface area (Å²) in [6.45, 7) is 6.26. The molecule has 0 aliphatic heterocycles. The van der Waals surface area contributed by atoms with Gasteiger partial charge in [0.2, 0.25) is 0 Å². The smallest absolute Gasteiger partial charge is 0.195 e. The van der Waals surface area contributed by atoms with Crippen LogP contribution < -0.4 is 5.32 Å². The van der Waals surface area contributed by atoms with Crippen LogP contribution in [0.2, 0.25) is 0 Å². The van der Waals surface area contributed by atoms with Crippen LogP contribution in [0.5, 0.6) is 0 Å². The molecule has 0 spiro atoms. The maximum atomic E-state index is 10.2. The van der Waals surface area contributed by atoms with E-state index in [4.69, 9.17) is 0 Å². The molecule has 1 rings (SSSR count). The van der Waals surface area contributed by atoms with Gasteiger partial charge in [-0.25, -0.2) is 0 Å². The zero-order valence-electron chi connectivity index (χ0n) is 16.3. The molecule has 0 heterocycles. The van der Waals surface area contributed by atoms with Crippen LogP contribution in [0.1, 0.15) is 64.9 Å². The summed E-state index contributed by atoms with van der Waals surface area (Å²) in [4.78, 5) is 29.8. The largest absolute Gasteiger partial charge is 0.313 e. The van der Waals surface area contributed by atoms with Crippen molar-refractivity contribution in [2.24, 2.45) is 0 Å². The molecule has 1 aromatic rings. The van der Waals surface area contributed by atoms with E-state index in [2.05, 4.69) is 42.6 Å². The van der Waals surface area contributed by atoms with Crippen LogP contribution in [0.15, 0.2) is 30.3 Å². The number of Topliss-reactive ketones (excluding diaryl/α,β-unsaturated/α-hetero) is 2. The fraction of sp³-hybridized carbons (Fsp3) is 0.571. The quantitative estimate of drug-likeness (QED) is 0.391. The second kappa shape index (κ2) is 20.2. The van der Waals surface area contributed by atoms with E-state index < -0.39 is 0 Å². The van der Waals surface area contributed by atoms with Gasteiger partial charge in [0.05, 0.1) is 6.54 Å². The molecule has 0 unspecified atom stereocenters. The molecular formula is C21H35NO3. The number of rotatable bonds is 10. The lowest BCUT2D eigenvalue weighted by Crippen LogP contribution is -2.14. The van der Waals surface area contributed by atoms with E-state index in [0.29, 0.717) is 19.3 Å². The van der Waals surface area contributed by atoms with Crippen LogP contribution in [-0.2, 0) is 20.8 Å². The highest BCUT2D eigenvalue weighted by atomic mass is 16.2. The first-order valence-corrected chi connectivity index (χ1v) is 9.17. The van der Waals surface area contributed by atoms with Crippen molar-refractivity contribution in [2.75, 3.05) is 13.6 Å². The number of hydrogen-bond donors (Lipinski definition) is 1. The van der Waals surface area contributed by atoms with Crippen molar-refractivity contribution < 1.29 is 14.4 Å². The van der Waals surface area contributed by atoms with Gasteiger partial charge in [0.25, 0.3) is 0 Å². The Hall–Kier alpha value is -1.81. The molecule has 0 atom stereocenters. The van der Waals surface area contributed by atoms with E-state index in [1.54, 1.807) is 14.0 Å². The highest BCUT2D eigenvalue weighted by Gasteiger charge is 1.94. The van der Waals surface area contributed by atoms with Crippen LogP contribution in [0.3, 0.4) is 0 Å². The molecule has 1 aromatic carbocycles. The number of unbranched alkanes of at least 4 members (excludes halogenated alkanes) is 3. The van der Waals surface area contributed by atoms with E-state index in [-0.39, 0.29) is 11.6 Å². The van der Waals surface area contributed by atoms with Gasteiger partial charge in [-0.05, 0) is 38.8 Å². The van der Waals surface area contributed by atoms with Crippen molar-refractivity contribution in [3.05, 3.63) is 35.9 Å². The zero-order valence-corrected chi connectivity index (χ0v) is 16.3. The lowest BCUT2D eigenvalue weighted by molar-refractivity contribution is -0.129. The third kappa shape index (κ3) is 22.2. The summed E-state index contributed by atoms with van der Waals surface area (Å²) >= 11 is 0. The number of aldehydes is 1. The molecule has 0 aliphatic rings. The van der Waals surface area contributed by atoms with E-state index >= 15 is 0 Å². The van der Waals surface area contributed by atoms with Crippen LogP contribution >= 0.6 is 0 Å². The van der Waals surface area contributed by atoms with Gasteiger partial charge in [0.1, 0.15) is 5.78 Å². The summed E-state index contributed by atoms with van der Waals surface area (Å²) in [7, 11) is 1.75. The molecule has 25 heavy (non-hydrogen) atoms. The first-order valence-electron chi connectivity index (χ1n) is 9.17. The maximum Gasteiger partial charge on any atom is 0.195 e. The molecule has 0 amide bonds. The normalized spacial score (nSPS) is 9.12. The molecule has 0 radical (unpaired) electrons. The van der Waals surface area contributed by atoms with Crippen molar-refractivity contribution >= 4 is 17.9 Å². The third-order valence-electron chi connectivity index (χ3n) is 3.25. The number of nitrogens with one attached hydrogen (secondary N) is 1. The van der Waals surface area contributed by atoms with Gasteiger partial charge in [-0.2, -0.15) is 0 Å². The Kier molecular flexibility index (Phi) is 20.6. The summed E-state index contributed by atoms with van der Waals surface area (Å²) in [6, 6.07) is 10.7. The minimum absolute atomic E-state index is 0.178. The highest BCUT2D eigenvalue weighted by Crippen LogP contribution is 2.05. The molecule has 1 N–H and O–H groups in total. The van der Waals surface area contributed by atoms with Gasteiger partial charge in [0, 0.05) is 6.42 Å². The van der Waals surface area contributed by atoms with Gasteiger partial charge in [-0.1, -0.05) is 63.4 Å². The van der Waals surface area contributed by atoms with Gasteiger partial charge < -0.3 is 5.32 Å². The predicted molar refractivity (Wildman–Crippen MR) is 105 cm³/mol. The van der Waals surface area contributed by atoms with Gasteiger partial charge in [0.15, 0.2) is 12.1 Å².